The van der Waals surface area contributed by atoms with Crippen molar-refractivity contribution in [3.8, 4) is 0 Å². The van der Waals surface area contributed by atoms with E-state index in [9.17, 15) is 14.7 Å². The van der Waals surface area contributed by atoms with E-state index in [-0.39, 0.29) is 13.2 Å². The number of hydrogen-bond donors (Lipinski definition) is 3. The fourth-order valence-corrected chi connectivity index (χ4v) is 2.72. The van der Waals surface area contributed by atoms with E-state index < -0.39 is 26.2 Å². The number of nitrogens with one attached hydrogen (secondary N) is 2. The van der Waals surface area contributed by atoms with Crippen molar-refractivity contribution >= 4 is 20.1 Å². The molecule has 1 atom stereocenters. The Kier molecular flexibility index (Phi) is 7.77. The van der Waals surface area contributed by atoms with Gasteiger partial charge in [0.2, 0.25) is 0 Å². The van der Waals surface area contributed by atoms with E-state index >= 15 is 0 Å². The smallest absolute Gasteiger partial charge is 0.407 e. The van der Waals surface area contributed by atoms with Crippen molar-refractivity contribution in [2.75, 3.05) is 13.1 Å². The van der Waals surface area contributed by atoms with Crippen LogP contribution >= 0.6 is 0 Å². The van der Waals surface area contributed by atoms with E-state index in [1.165, 1.54) is 0 Å². The first kappa shape index (κ1) is 19.2. The number of aliphatic carboxylic acids is 1. The second-order valence-electron chi connectivity index (χ2n) is 6.60. The molecule has 23 heavy (non-hydrogen) atoms. The lowest BCUT2D eigenvalue weighted by atomic mass is 10.2. The van der Waals surface area contributed by atoms with Gasteiger partial charge in [0.15, 0.2) is 0 Å². The average Bonchev–Trinajstić information content (AvgIpc) is 2.48. The molecule has 0 aliphatic carbocycles. The molecule has 0 aliphatic rings. The molecule has 0 unspecified atom stereocenters. The van der Waals surface area contributed by atoms with Crippen molar-refractivity contribution < 1.29 is 19.4 Å². The van der Waals surface area contributed by atoms with Crippen LogP contribution in [0.3, 0.4) is 0 Å². The maximum Gasteiger partial charge on any atom is 0.407 e. The minimum atomic E-state index is -1.22. The predicted octanol–water partition coefficient (Wildman–Crippen LogP) is 2.29. The van der Waals surface area contributed by atoms with Gasteiger partial charge in [-0.3, -0.25) is 4.79 Å². The van der Waals surface area contributed by atoms with E-state index in [2.05, 4.69) is 30.3 Å². The molecule has 0 spiro atoms. The topological polar surface area (TPSA) is 87.7 Å². The van der Waals surface area contributed by atoms with Gasteiger partial charge in [-0.05, 0) is 18.2 Å². The van der Waals surface area contributed by atoms with Crippen LogP contribution < -0.4 is 10.6 Å². The highest BCUT2D eigenvalue weighted by atomic mass is 28.3. The van der Waals surface area contributed by atoms with E-state index in [1.54, 1.807) is 0 Å². The van der Waals surface area contributed by atoms with Crippen LogP contribution in [0.5, 0.6) is 0 Å². The summed E-state index contributed by atoms with van der Waals surface area (Å²) in [4.78, 5) is 22.8. The number of benzene rings is 1. The Balaban J connectivity index is 2.31. The third-order valence-electron chi connectivity index (χ3n) is 3.23. The lowest BCUT2D eigenvalue weighted by Gasteiger charge is -2.19. The Morgan fingerprint density at radius 1 is 1.22 bits per heavy atom. The number of ether oxygens (including phenoxy) is 1. The molecule has 1 rings (SSSR count). The standard InChI is InChI=1S/C16H26N2O4Si/c1-23(2,3)10-9-17-14(15(19)20)11-18-16(21)22-12-13-7-5-4-6-8-13/h4-8,14,17H,9-12H2,1-3H3,(H,18,21)(H,19,20)/t14-/m1/s1. The van der Waals surface area contributed by atoms with Crippen molar-refractivity contribution in [2.24, 2.45) is 0 Å². The van der Waals surface area contributed by atoms with Gasteiger partial charge in [0.25, 0.3) is 0 Å². The molecule has 0 saturated carbocycles. The number of carboxylic acids is 1. The molecular weight excluding hydrogens is 312 g/mol. The number of hydrogen-bond acceptors (Lipinski definition) is 4. The van der Waals surface area contributed by atoms with E-state index in [0.29, 0.717) is 6.54 Å². The summed E-state index contributed by atoms with van der Waals surface area (Å²) in [5.41, 5.74) is 0.880. The molecule has 0 fully saturated rings. The number of rotatable bonds is 9. The number of amides is 1. The first-order chi connectivity index (χ1) is 10.8. The van der Waals surface area contributed by atoms with Crippen LogP contribution in [-0.4, -0.2) is 44.4 Å². The van der Waals surface area contributed by atoms with Gasteiger partial charge < -0.3 is 20.5 Å². The van der Waals surface area contributed by atoms with Crippen LogP contribution in [0.15, 0.2) is 30.3 Å². The number of carbonyl (C=O) groups excluding carboxylic acids is 1. The zero-order valence-electron chi connectivity index (χ0n) is 14.0. The highest BCUT2D eigenvalue weighted by molar-refractivity contribution is 6.76. The maximum atomic E-state index is 11.6. The first-order valence-electron chi connectivity index (χ1n) is 7.69. The predicted molar refractivity (Wildman–Crippen MR) is 92.2 cm³/mol. The molecule has 0 heterocycles. The summed E-state index contributed by atoms with van der Waals surface area (Å²) in [6, 6.07) is 9.48. The largest absolute Gasteiger partial charge is 0.480 e. The Morgan fingerprint density at radius 2 is 1.87 bits per heavy atom. The molecule has 1 aromatic rings. The van der Waals surface area contributed by atoms with Gasteiger partial charge in [-0.25, -0.2) is 4.79 Å². The van der Waals surface area contributed by atoms with Gasteiger partial charge in [0, 0.05) is 14.6 Å². The Labute approximate surface area is 138 Å². The molecule has 7 heteroatoms. The second kappa shape index (κ2) is 9.31. The van der Waals surface area contributed by atoms with Crippen molar-refractivity contribution in [1.82, 2.24) is 10.6 Å². The molecule has 128 valence electrons. The lowest BCUT2D eigenvalue weighted by Crippen LogP contribution is -2.47. The molecule has 1 aromatic carbocycles. The number of carboxylic acid groups (broad SMARTS) is 1. The van der Waals surface area contributed by atoms with Gasteiger partial charge in [-0.1, -0.05) is 50.0 Å². The van der Waals surface area contributed by atoms with E-state index in [4.69, 9.17) is 4.74 Å². The highest BCUT2D eigenvalue weighted by Crippen LogP contribution is 2.06. The zero-order chi connectivity index (χ0) is 17.3. The van der Waals surface area contributed by atoms with Gasteiger partial charge in [0.1, 0.15) is 12.6 Å². The van der Waals surface area contributed by atoms with E-state index in [1.807, 2.05) is 30.3 Å². The molecule has 0 radical (unpaired) electrons. The normalized spacial score (nSPS) is 12.5. The van der Waals surface area contributed by atoms with Crippen molar-refractivity contribution in [3.63, 3.8) is 0 Å². The monoisotopic (exact) mass is 338 g/mol. The summed E-state index contributed by atoms with van der Waals surface area (Å²) in [6.07, 6.45) is -0.618. The van der Waals surface area contributed by atoms with Crippen molar-refractivity contribution in [3.05, 3.63) is 35.9 Å². The summed E-state index contributed by atoms with van der Waals surface area (Å²) in [6.45, 7) is 7.46. The average molecular weight is 338 g/mol. The minimum Gasteiger partial charge on any atom is -0.480 e. The maximum absolute atomic E-state index is 11.6. The summed E-state index contributed by atoms with van der Waals surface area (Å²) in [5, 5.41) is 14.6. The third-order valence-corrected chi connectivity index (χ3v) is 4.98. The summed E-state index contributed by atoms with van der Waals surface area (Å²) in [7, 11) is -1.22. The zero-order valence-corrected chi connectivity index (χ0v) is 15.0. The number of carbonyl (C=O) groups is 2. The minimum absolute atomic E-state index is 0.00530. The van der Waals surface area contributed by atoms with Crippen LogP contribution in [0.25, 0.3) is 0 Å². The second-order valence-corrected chi connectivity index (χ2v) is 12.2. The molecule has 0 aromatic heterocycles. The van der Waals surface area contributed by atoms with Gasteiger partial charge in [0.05, 0.1) is 0 Å². The van der Waals surface area contributed by atoms with Crippen LogP contribution in [0.2, 0.25) is 25.7 Å². The van der Waals surface area contributed by atoms with Gasteiger partial charge >= 0.3 is 12.1 Å². The molecule has 6 nitrogen and oxygen atoms in total. The van der Waals surface area contributed by atoms with Crippen molar-refractivity contribution in [2.45, 2.75) is 38.3 Å². The molecule has 1 amide bonds. The van der Waals surface area contributed by atoms with Crippen LogP contribution in [-0.2, 0) is 16.1 Å². The molecule has 0 saturated heterocycles. The summed E-state index contributed by atoms with van der Waals surface area (Å²) >= 11 is 0. The fourth-order valence-electron chi connectivity index (χ4n) is 1.83. The highest BCUT2D eigenvalue weighted by Gasteiger charge is 2.20. The Hall–Kier alpha value is -1.86. The fraction of sp³-hybridized carbons (Fsp3) is 0.500. The quantitative estimate of drug-likeness (QED) is 0.601. The lowest BCUT2D eigenvalue weighted by molar-refractivity contribution is -0.139. The first-order valence-corrected chi connectivity index (χ1v) is 11.4. The SMILES string of the molecule is C[Si](C)(C)CCN[C@H](CNC(=O)OCc1ccccc1)C(=O)O. The van der Waals surface area contributed by atoms with Crippen LogP contribution in [0.4, 0.5) is 4.79 Å². The van der Waals surface area contributed by atoms with E-state index in [0.717, 1.165) is 11.6 Å². The molecule has 0 aliphatic heterocycles. The Bertz CT molecular complexity index is 503. The summed E-state index contributed by atoms with van der Waals surface area (Å²) in [5.74, 6) is -0.982. The van der Waals surface area contributed by atoms with Crippen LogP contribution in [0.1, 0.15) is 5.56 Å². The van der Waals surface area contributed by atoms with Crippen molar-refractivity contribution in [1.29, 1.82) is 0 Å². The third kappa shape index (κ3) is 8.99. The Morgan fingerprint density at radius 3 is 2.43 bits per heavy atom. The summed E-state index contributed by atoms with van der Waals surface area (Å²) < 4.78 is 5.05. The molecule has 0 bridgehead atoms. The van der Waals surface area contributed by atoms with Crippen LogP contribution in [0, 0.1) is 0 Å². The number of alkyl carbamates (subject to hydrolysis) is 1. The molecular formula is C16H26N2O4Si. The molecule has 3 N–H and O–H groups in total. The van der Waals surface area contributed by atoms with Gasteiger partial charge in [-0.15, -0.1) is 0 Å². The van der Waals surface area contributed by atoms with Gasteiger partial charge in [-0.2, -0.15) is 0 Å².